The van der Waals surface area contributed by atoms with Crippen molar-refractivity contribution < 1.29 is 19.1 Å². The van der Waals surface area contributed by atoms with Gasteiger partial charge in [0.1, 0.15) is 16.3 Å². The first-order valence-corrected chi connectivity index (χ1v) is 11.7. The lowest BCUT2D eigenvalue weighted by molar-refractivity contribution is -0.116. The maximum atomic E-state index is 12.4. The number of anilines is 1. The Morgan fingerprint density at radius 2 is 1.87 bits per heavy atom. The van der Waals surface area contributed by atoms with Crippen LogP contribution in [0.25, 0.3) is 11.1 Å². The Kier molecular flexibility index (Phi) is 8.37. The first-order chi connectivity index (χ1) is 14.9. The quantitative estimate of drug-likeness (QED) is 0.244. The molecule has 0 saturated carbocycles. The van der Waals surface area contributed by atoms with Gasteiger partial charge >= 0.3 is 5.97 Å². The van der Waals surface area contributed by atoms with Crippen LogP contribution < -0.4 is 10.1 Å². The van der Waals surface area contributed by atoms with Crippen molar-refractivity contribution >= 4 is 67.3 Å². The molecule has 0 aliphatic heterocycles. The third-order valence-corrected chi connectivity index (χ3v) is 6.24. The summed E-state index contributed by atoms with van der Waals surface area (Å²) >= 11 is 16.6. The van der Waals surface area contributed by atoms with Gasteiger partial charge in [-0.15, -0.1) is 11.3 Å². The number of thiophene rings is 1. The highest BCUT2D eigenvalue weighted by atomic mass is 79.9. The standard InChI is InChI=1S/C22H18BrCl2NO4S/c1-29-22(28)20-16(13-4-6-14(23)7-5-13)12-31-21(20)26-19(27)3-2-10-30-18-9-8-15(24)11-17(18)25/h4-9,11-12H,2-3,10H2,1H3,(H,26,27). The third kappa shape index (κ3) is 6.23. The molecule has 0 saturated heterocycles. The molecule has 31 heavy (non-hydrogen) atoms. The van der Waals surface area contributed by atoms with Gasteiger partial charge in [0.05, 0.1) is 18.7 Å². The minimum Gasteiger partial charge on any atom is -0.492 e. The molecule has 0 spiro atoms. The van der Waals surface area contributed by atoms with Crippen molar-refractivity contribution in [3.63, 3.8) is 0 Å². The molecule has 1 N–H and O–H groups in total. The van der Waals surface area contributed by atoms with E-state index in [4.69, 9.17) is 32.7 Å². The molecular weight excluding hydrogens is 525 g/mol. The van der Waals surface area contributed by atoms with Crippen LogP contribution in [-0.4, -0.2) is 25.6 Å². The molecule has 0 atom stereocenters. The zero-order valence-corrected chi connectivity index (χ0v) is 20.3. The number of amides is 1. The summed E-state index contributed by atoms with van der Waals surface area (Å²) < 4.78 is 11.5. The monoisotopic (exact) mass is 541 g/mol. The molecule has 162 valence electrons. The van der Waals surface area contributed by atoms with Crippen molar-refractivity contribution in [2.45, 2.75) is 12.8 Å². The predicted molar refractivity (Wildman–Crippen MR) is 129 cm³/mol. The van der Waals surface area contributed by atoms with Crippen LogP contribution in [0.1, 0.15) is 23.2 Å². The zero-order valence-electron chi connectivity index (χ0n) is 16.4. The van der Waals surface area contributed by atoms with Crippen molar-refractivity contribution in [2.24, 2.45) is 0 Å². The maximum absolute atomic E-state index is 12.4. The highest BCUT2D eigenvalue weighted by Crippen LogP contribution is 2.36. The van der Waals surface area contributed by atoms with Crippen LogP contribution in [0.4, 0.5) is 5.00 Å². The Labute approximate surface area is 202 Å². The molecule has 0 unspecified atom stereocenters. The van der Waals surface area contributed by atoms with Crippen LogP contribution in [0.2, 0.25) is 10.0 Å². The lowest BCUT2D eigenvalue weighted by atomic mass is 10.0. The van der Waals surface area contributed by atoms with E-state index in [1.165, 1.54) is 18.4 Å². The van der Waals surface area contributed by atoms with Crippen molar-refractivity contribution in [1.82, 2.24) is 0 Å². The lowest BCUT2D eigenvalue weighted by Crippen LogP contribution is -2.15. The summed E-state index contributed by atoms with van der Waals surface area (Å²) in [4.78, 5) is 24.8. The van der Waals surface area contributed by atoms with Crippen molar-refractivity contribution in [3.05, 3.63) is 67.9 Å². The van der Waals surface area contributed by atoms with E-state index in [-0.39, 0.29) is 12.3 Å². The molecule has 0 bridgehead atoms. The number of carbonyl (C=O) groups is 2. The molecule has 0 fully saturated rings. The number of halogens is 3. The molecule has 5 nitrogen and oxygen atoms in total. The molecule has 9 heteroatoms. The largest absolute Gasteiger partial charge is 0.492 e. The second-order valence-electron chi connectivity index (χ2n) is 6.43. The number of nitrogens with one attached hydrogen (secondary N) is 1. The second kappa shape index (κ2) is 11.0. The van der Waals surface area contributed by atoms with Crippen molar-refractivity contribution in [3.8, 4) is 16.9 Å². The topological polar surface area (TPSA) is 64.6 Å². The van der Waals surface area contributed by atoms with E-state index >= 15 is 0 Å². The Bertz CT molecular complexity index is 1090. The van der Waals surface area contributed by atoms with Crippen LogP contribution >= 0.6 is 50.5 Å². The van der Waals surface area contributed by atoms with E-state index in [2.05, 4.69) is 21.2 Å². The van der Waals surface area contributed by atoms with Crippen LogP contribution in [0.3, 0.4) is 0 Å². The van der Waals surface area contributed by atoms with E-state index in [0.717, 1.165) is 10.0 Å². The van der Waals surface area contributed by atoms with Gasteiger partial charge in [-0.25, -0.2) is 4.79 Å². The van der Waals surface area contributed by atoms with Crippen LogP contribution in [0.5, 0.6) is 5.75 Å². The summed E-state index contributed by atoms with van der Waals surface area (Å²) in [7, 11) is 1.32. The molecule has 0 aliphatic rings. The number of benzene rings is 2. The second-order valence-corrected chi connectivity index (χ2v) is 9.07. The summed E-state index contributed by atoms with van der Waals surface area (Å²) in [6.45, 7) is 0.313. The number of methoxy groups -OCH3 is 1. The molecule has 1 heterocycles. The molecule has 2 aromatic carbocycles. The SMILES string of the molecule is COC(=O)c1c(-c2ccc(Br)cc2)csc1NC(=O)CCCOc1ccc(Cl)cc1Cl. The van der Waals surface area contributed by atoms with Crippen LogP contribution in [0, 0.1) is 0 Å². The maximum Gasteiger partial charge on any atom is 0.341 e. The van der Waals surface area contributed by atoms with E-state index in [9.17, 15) is 9.59 Å². The first-order valence-electron chi connectivity index (χ1n) is 9.22. The van der Waals surface area contributed by atoms with E-state index in [1.54, 1.807) is 18.2 Å². The van der Waals surface area contributed by atoms with Gasteiger partial charge in [-0.2, -0.15) is 0 Å². The van der Waals surface area contributed by atoms with Crippen molar-refractivity contribution in [2.75, 3.05) is 19.0 Å². The lowest BCUT2D eigenvalue weighted by Gasteiger charge is -2.09. The molecule has 1 aromatic heterocycles. The number of ether oxygens (including phenoxy) is 2. The smallest absolute Gasteiger partial charge is 0.341 e. The molecule has 0 aliphatic carbocycles. The van der Waals surface area contributed by atoms with Crippen LogP contribution in [-0.2, 0) is 9.53 Å². The predicted octanol–water partition coefficient (Wildman–Crippen LogP) is 7.07. The van der Waals surface area contributed by atoms with Gasteiger partial charge in [0, 0.05) is 26.9 Å². The van der Waals surface area contributed by atoms with Gasteiger partial charge in [-0.1, -0.05) is 51.3 Å². The number of carbonyl (C=O) groups excluding carboxylic acids is 2. The van der Waals surface area contributed by atoms with E-state index < -0.39 is 5.97 Å². The van der Waals surface area contributed by atoms with Gasteiger partial charge in [-0.05, 0) is 42.3 Å². The highest BCUT2D eigenvalue weighted by Gasteiger charge is 2.22. The Morgan fingerprint density at radius 3 is 2.55 bits per heavy atom. The summed E-state index contributed by atoms with van der Waals surface area (Å²) in [5.74, 6) is -0.216. The number of esters is 1. The fourth-order valence-corrected chi connectivity index (χ4v) is 4.49. The van der Waals surface area contributed by atoms with E-state index in [0.29, 0.717) is 45.0 Å². The first kappa shape index (κ1) is 23.6. The Morgan fingerprint density at radius 1 is 1.13 bits per heavy atom. The van der Waals surface area contributed by atoms with Gasteiger partial charge in [0.15, 0.2) is 0 Å². The van der Waals surface area contributed by atoms with Gasteiger partial charge < -0.3 is 14.8 Å². The number of rotatable bonds is 8. The van der Waals surface area contributed by atoms with Gasteiger partial charge in [0.2, 0.25) is 5.91 Å². The Hall–Kier alpha value is -2.06. The molecule has 1 amide bonds. The normalized spacial score (nSPS) is 10.6. The molecular formula is C22H18BrCl2NO4S. The minimum absolute atomic E-state index is 0.220. The van der Waals surface area contributed by atoms with E-state index in [1.807, 2.05) is 29.6 Å². The average molecular weight is 543 g/mol. The summed E-state index contributed by atoms with van der Waals surface area (Å²) in [5, 5.41) is 6.04. The average Bonchev–Trinajstić information content (AvgIpc) is 3.15. The zero-order chi connectivity index (χ0) is 22.4. The fraction of sp³-hybridized carbons (Fsp3) is 0.182. The Balaban J connectivity index is 1.62. The number of hydrogen-bond acceptors (Lipinski definition) is 5. The third-order valence-electron chi connectivity index (χ3n) is 4.29. The molecule has 0 radical (unpaired) electrons. The van der Waals surface area contributed by atoms with Crippen LogP contribution in [0.15, 0.2) is 52.3 Å². The van der Waals surface area contributed by atoms with Crippen molar-refractivity contribution in [1.29, 1.82) is 0 Å². The highest BCUT2D eigenvalue weighted by molar-refractivity contribution is 9.10. The summed E-state index contributed by atoms with van der Waals surface area (Å²) in [6.07, 6.45) is 0.695. The van der Waals surface area contributed by atoms with Gasteiger partial charge in [0.25, 0.3) is 0 Å². The van der Waals surface area contributed by atoms with Gasteiger partial charge in [-0.3, -0.25) is 4.79 Å². The molecule has 3 rings (SSSR count). The summed E-state index contributed by atoms with van der Waals surface area (Å²) in [6, 6.07) is 12.5. The summed E-state index contributed by atoms with van der Waals surface area (Å²) in [5.41, 5.74) is 1.90. The number of hydrogen-bond donors (Lipinski definition) is 1. The minimum atomic E-state index is -0.504. The molecule has 3 aromatic rings. The fourth-order valence-electron chi connectivity index (χ4n) is 2.79.